The number of aliphatic hydroxyl groups is 2. The number of hydrogen-bond donors (Lipinski definition) is 5. The fourth-order valence-corrected chi connectivity index (χ4v) is 3.45. The number of nitrogens with two attached hydrogens (primary N) is 1. The standard InChI is InChI=1S/C16H18N4O9S/c17-11-5-6-20(16(25)18-11)15-13(23)12(22)10(29-15)7-28-30(26,27)19-14(24)8-3-1-2-4-9(8)21/h1-6,10,12-13,15,21-23H,7H2,(H,19,24)(H2,17,18,25)/t10-,12-,13-,15-/m1/s1. The van der Waals surface area contributed by atoms with E-state index >= 15 is 0 Å². The van der Waals surface area contributed by atoms with E-state index in [0.29, 0.717) is 0 Å². The number of carbonyl (C=O) groups is 1. The highest BCUT2D eigenvalue weighted by molar-refractivity contribution is 7.85. The maximum Gasteiger partial charge on any atom is 0.362 e. The van der Waals surface area contributed by atoms with Crippen LogP contribution in [0.3, 0.4) is 0 Å². The number of hydrogen-bond acceptors (Lipinski definition) is 11. The maximum absolute atomic E-state index is 12.0. The van der Waals surface area contributed by atoms with E-state index in [1.165, 1.54) is 36.5 Å². The Morgan fingerprint density at radius 2 is 1.97 bits per heavy atom. The zero-order valence-electron chi connectivity index (χ0n) is 15.2. The van der Waals surface area contributed by atoms with E-state index in [2.05, 4.69) is 9.17 Å². The molecule has 13 nitrogen and oxygen atoms in total. The molecule has 30 heavy (non-hydrogen) atoms. The number of phenolic OH excluding ortho intramolecular Hbond substituents is 1. The lowest BCUT2D eigenvalue weighted by atomic mass is 10.1. The van der Waals surface area contributed by atoms with Gasteiger partial charge in [-0.15, -0.1) is 0 Å². The van der Waals surface area contributed by atoms with Gasteiger partial charge in [-0.05, 0) is 18.2 Å². The fourth-order valence-electron chi connectivity index (χ4n) is 2.74. The van der Waals surface area contributed by atoms with Crippen LogP contribution in [0, 0.1) is 0 Å². The Kier molecular flexibility index (Phi) is 6.04. The number of nitrogen functional groups attached to an aromatic ring is 1. The van der Waals surface area contributed by atoms with Crippen molar-refractivity contribution in [2.45, 2.75) is 24.5 Å². The highest BCUT2D eigenvalue weighted by atomic mass is 32.2. The molecule has 1 aliphatic heterocycles. The quantitative estimate of drug-likeness (QED) is 0.326. The molecule has 1 saturated heterocycles. The molecule has 0 saturated carbocycles. The van der Waals surface area contributed by atoms with Crippen molar-refractivity contribution in [3.05, 3.63) is 52.6 Å². The Balaban J connectivity index is 1.65. The van der Waals surface area contributed by atoms with E-state index in [9.17, 15) is 33.3 Å². The molecule has 1 aromatic carbocycles. The zero-order valence-corrected chi connectivity index (χ0v) is 16.0. The number of para-hydroxylation sites is 1. The highest BCUT2D eigenvalue weighted by Crippen LogP contribution is 2.28. The zero-order chi connectivity index (χ0) is 22.1. The van der Waals surface area contributed by atoms with Crippen LogP contribution in [0.25, 0.3) is 0 Å². The predicted octanol–water partition coefficient (Wildman–Crippen LogP) is -2.16. The molecule has 0 spiro atoms. The SMILES string of the molecule is Nc1ccn([C@@H]2O[C@H](COS(=O)(=O)NC(=O)c3ccccc3O)[C@@H](O)[C@H]2O)c(=O)n1. The summed E-state index contributed by atoms with van der Waals surface area (Å²) in [5.74, 6) is -1.64. The predicted molar refractivity (Wildman–Crippen MR) is 99.3 cm³/mol. The smallest absolute Gasteiger partial charge is 0.362 e. The van der Waals surface area contributed by atoms with Crippen molar-refractivity contribution in [3.63, 3.8) is 0 Å². The average Bonchev–Trinajstić information content (AvgIpc) is 2.95. The normalized spacial score (nSPS) is 23.9. The molecule has 0 bridgehead atoms. The van der Waals surface area contributed by atoms with Crippen LogP contribution >= 0.6 is 0 Å². The van der Waals surface area contributed by atoms with E-state index in [-0.39, 0.29) is 11.4 Å². The monoisotopic (exact) mass is 442 g/mol. The van der Waals surface area contributed by atoms with Gasteiger partial charge in [-0.25, -0.2) is 9.52 Å². The molecule has 2 aromatic rings. The summed E-state index contributed by atoms with van der Waals surface area (Å²) < 4.78 is 36.4. The van der Waals surface area contributed by atoms with Crippen molar-refractivity contribution >= 4 is 22.0 Å². The third kappa shape index (κ3) is 4.58. The lowest BCUT2D eigenvalue weighted by Crippen LogP contribution is -2.38. The summed E-state index contributed by atoms with van der Waals surface area (Å²) in [6.07, 6.45) is -4.74. The Labute approximate surface area is 169 Å². The Hall–Kier alpha value is -3.04. The minimum Gasteiger partial charge on any atom is -0.507 e. The van der Waals surface area contributed by atoms with Crippen LogP contribution in [0.2, 0.25) is 0 Å². The number of anilines is 1. The number of rotatable bonds is 6. The van der Waals surface area contributed by atoms with Gasteiger partial charge in [-0.2, -0.15) is 13.4 Å². The second kappa shape index (κ2) is 8.37. The number of nitrogens with one attached hydrogen (secondary N) is 1. The number of ether oxygens (including phenoxy) is 1. The third-order valence-corrected chi connectivity index (χ3v) is 5.10. The minimum absolute atomic E-state index is 0.0598. The first-order valence-electron chi connectivity index (χ1n) is 8.45. The lowest BCUT2D eigenvalue weighted by molar-refractivity contribution is -0.0509. The number of carbonyl (C=O) groups excluding carboxylic acids is 1. The summed E-state index contributed by atoms with van der Waals surface area (Å²) in [6, 6.07) is 6.52. The Morgan fingerprint density at radius 1 is 1.27 bits per heavy atom. The van der Waals surface area contributed by atoms with Crippen molar-refractivity contribution in [1.82, 2.24) is 14.3 Å². The van der Waals surface area contributed by atoms with Crippen LogP contribution in [0.4, 0.5) is 5.82 Å². The van der Waals surface area contributed by atoms with Crippen molar-refractivity contribution < 1.29 is 37.5 Å². The minimum atomic E-state index is -4.65. The number of amides is 1. The molecule has 0 radical (unpaired) electrons. The first kappa shape index (κ1) is 21.7. The van der Waals surface area contributed by atoms with Gasteiger partial charge in [0, 0.05) is 6.20 Å². The first-order valence-corrected chi connectivity index (χ1v) is 9.85. The van der Waals surface area contributed by atoms with Gasteiger partial charge >= 0.3 is 16.0 Å². The summed E-state index contributed by atoms with van der Waals surface area (Å²) in [5, 5.41) is 29.8. The van der Waals surface area contributed by atoms with E-state index < -0.39 is 58.8 Å². The molecule has 2 heterocycles. The molecular formula is C16H18N4O9S. The molecular weight excluding hydrogens is 424 g/mol. The number of aliphatic hydroxyl groups excluding tert-OH is 2. The van der Waals surface area contributed by atoms with Crippen molar-refractivity contribution in [2.24, 2.45) is 0 Å². The second-order valence-corrected chi connectivity index (χ2v) is 7.62. The largest absolute Gasteiger partial charge is 0.507 e. The van der Waals surface area contributed by atoms with Gasteiger partial charge in [0.15, 0.2) is 6.23 Å². The molecule has 162 valence electrons. The molecule has 6 N–H and O–H groups in total. The summed E-state index contributed by atoms with van der Waals surface area (Å²) >= 11 is 0. The Bertz CT molecular complexity index is 1100. The van der Waals surface area contributed by atoms with E-state index in [4.69, 9.17) is 10.5 Å². The summed E-state index contributed by atoms with van der Waals surface area (Å²) in [5.41, 5.74) is 4.24. The second-order valence-electron chi connectivity index (χ2n) is 6.28. The summed E-state index contributed by atoms with van der Waals surface area (Å²) in [6.45, 7) is -0.782. The molecule has 14 heteroatoms. The molecule has 4 atom stereocenters. The van der Waals surface area contributed by atoms with Gasteiger partial charge in [0.05, 0.1) is 12.2 Å². The highest BCUT2D eigenvalue weighted by Gasteiger charge is 2.45. The number of nitrogens with zero attached hydrogens (tertiary/aromatic N) is 2. The molecule has 1 amide bonds. The topological polar surface area (TPSA) is 203 Å². The van der Waals surface area contributed by atoms with Gasteiger partial charge in [0.2, 0.25) is 0 Å². The molecule has 3 rings (SSSR count). The summed E-state index contributed by atoms with van der Waals surface area (Å²) in [4.78, 5) is 27.4. The van der Waals surface area contributed by atoms with E-state index in [1.54, 1.807) is 4.72 Å². The summed E-state index contributed by atoms with van der Waals surface area (Å²) in [7, 11) is -4.65. The van der Waals surface area contributed by atoms with Gasteiger partial charge in [0.1, 0.15) is 29.9 Å². The van der Waals surface area contributed by atoms with Crippen LogP contribution in [-0.2, 0) is 19.2 Å². The maximum atomic E-state index is 12.0. The Morgan fingerprint density at radius 3 is 2.63 bits per heavy atom. The van der Waals surface area contributed by atoms with Crippen LogP contribution in [0.1, 0.15) is 16.6 Å². The van der Waals surface area contributed by atoms with Gasteiger partial charge in [-0.3, -0.25) is 13.5 Å². The third-order valence-electron chi connectivity index (χ3n) is 4.22. The molecule has 1 fully saturated rings. The van der Waals surface area contributed by atoms with Gasteiger partial charge in [-0.1, -0.05) is 12.1 Å². The first-order chi connectivity index (χ1) is 14.1. The molecule has 1 aliphatic rings. The average molecular weight is 442 g/mol. The molecule has 0 aliphatic carbocycles. The molecule has 1 aromatic heterocycles. The van der Waals surface area contributed by atoms with Crippen molar-refractivity contribution in [2.75, 3.05) is 12.3 Å². The fraction of sp³-hybridized carbons (Fsp3) is 0.312. The van der Waals surface area contributed by atoms with E-state index in [1.807, 2.05) is 0 Å². The van der Waals surface area contributed by atoms with Crippen LogP contribution in [0.15, 0.2) is 41.3 Å². The number of phenols is 1. The van der Waals surface area contributed by atoms with Crippen LogP contribution < -0.4 is 16.1 Å². The van der Waals surface area contributed by atoms with Crippen LogP contribution in [-0.4, -0.2) is 64.1 Å². The molecule has 0 unspecified atom stereocenters. The van der Waals surface area contributed by atoms with Crippen molar-refractivity contribution in [3.8, 4) is 5.75 Å². The number of aromatic nitrogens is 2. The van der Waals surface area contributed by atoms with Crippen molar-refractivity contribution in [1.29, 1.82) is 0 Å². The number of aromatic hydroxyl groups is 1. The lowest BCUT2D eigenvalue weighted by Gasteiger charge is -2.16. The van der Waals surface area contributed by atoms with Crippen LogP contribution in [0.5, 0.6) is 5.75 Å². The van der Waals surface area contributed by atoms with Gasteiger partial charge in [0.25, 0.3) is 5.91 Å². The van der Waals surface area contributed by atoms with Gasteiger partial charge < -0.3 is 25.8 Å². The number of benzene rings is 1. The van der Waals surface area contributed by atoms with E-state index in [0.717, 1.165) is 4.57 Å².